The minimum atomic E-state index is -2.04. The minimum absolute atomic E-state index is 0. The van der Waals surface area contributed by atoms with E-state index in [1.54, 1.807) is 0 Å². The van der Waals surface area contributed by atoms with Crippen LogP contribution in [0.15, 0.2) is 0 Å². The molecule has 0 aromatic carbocycles. The van der Waals surface area contributed by atoms with E-state index in [0.717, 1.165) is 0 Å². The summed E-state index contributed by atoms with van der Waals surface area (Å²) in [6, 6.07) is 0. The van der Waals surface area contributed by atoms with Gasteiger partial charge in [0, 0.05) is 0 Å². The van der Waals surface area contributed by atoms with Crippen molar-refractivity contribution in [3.63, 3.8) is 0 Å². The molecule has 0 saturated carbocycles. The van der Waals surface area contributed by atoms with Gasteiger partial charge in [0.25, 0.3) is 0 Å². The van der Waals surface area contributed by atoms with E-state index in [2.05, 4.69) is 0 Å². The topological polar surface area (TPSA) is 308 Å². The lowest BCUT2D eigenvalue weighted by Gasteiger charge is -2.42. The van der Waals surface area contributed by atoms with E-state index in [1.807, 2.05) is 0 Å². The highest BCUT2D eigenvalue weighted by molar-refractivity contribution is 5.56. The van der Waals surface area contributed by atoms with Gasteiger partial charge in [0.15, 0.2) is 18.9 Å². The van der Waals surface area contributed by atoms with Gasteiger partial charge >= 0.3 is 0 Å². The maximum Gasteiger partial charge on any atom is 0.186 e. The van der Waals surface area contributed by atoms with Gasteiger partial charge in [-0.3, -0.25) is 0 Å². The molecule has 0 aromatic heterocycles. The Morgan fingerprint density at radius 1 is 0.714 bits per heavy atom. The van der Waals surface area contributed by atoms with E-state index < -0.39 is 106 Å². The molecule has 2 heterocycles. The summed E-state index contributed by atoms with van der Waals surface area (Å²) in [7, 11) is 0. The van der Waals surface area contributed by atoms with Gasteiger partial charge in [0.1, 0.15) is 73.2 Å². The van der Waals surface area contributed by atoms with Crippen LogP contribution >= 0.6 is 0 Å². The van der Waals surface area contributed by atoms with E-state index in [-0.39, 0.29) is 11.8 Å². The summed E-state index contributed by atoms with van der Waals surface area (Å²) < 4.78 is 20.8. The summed E-state index contributed by atoms with van der Waals surface area (Å²) >= 11 is 0. The average molecular weight is 522 g/mol. The molecule has 14 atom stereocenters. The number of carbonyl (C=O) groups excluding carboxylic acids is 1. The van der Waals surface area contributed by atoms with Crippen LogP contribution in [0, 0.1) is 0 Å². The average Bonchev–Trinajstić information content (AvgIpc) is 2.84. The molecule has 2 aliphatic heterocycles. The highest BCUT2D eigenvalue weighted by atomic mass is 16.7. The molecule has 35 heavy (non-hydrogen) atoms. The Morgan fingerprint density at radius 3 is 1.71 bits per heavy atom. The molecule has 2 aliphatic rings. The lowest BCUT2D eigenvalue weighted by atomic mass is 9.98. The van der Waals surface area contributed by atoms with Gasteiger partial charge in [-0.05, 0) is 0 Å². The monoisotopic (exact) mass is 522 g/mol. The van der Waals surface area contributed by atoms with Gasteiger partial charge in [-0.25, -0.2) is 0 Å². The van der Waals surface area contributed by atoms with Crippen LogP contribution in [0.2, 0.25) is 0 Å². The summed E-state index contributed by atoms with van der Waals surface area (Å²) in [5, 5.41) is 107. The third kappa shape index (κ3) is 7.52. The van der Waals surface area contributed by atoms with Crippen LogP contribution in [0.1, 0.15) is 0 Å². The standard InChI is InChI=1S/C18H32O16.H2O/c19-1-5(21)9(23)10(24)6(22)3-31-17-16(30)14(28)12(26)8(34-17)4-32-18-15(29)13(27)11(25)7(2-20)33-18;/h1,5-18,20-30H,2-4H2;1H2/t5-,6+,7+,8+,9+,10+,11+,12+,13-,14-,15+,16+,17-,18-;/m0./s1. The highest BCUT2D eigenvalue weighted by Crippen LogP contribution is 2.26. The first-order valence-electron chi connectivity index (χ1n) is 10.4. The van der Waals surface area contributed by atoms with Crippen molar-refractivity contribution in [1.29, 1.82) is 0 Å². The van der Waals surface area contributed by atoms with Gasteiger partial charge in [-0.1, -0.05) is 0 Å². The lowest BCUT2D eigenvalue weighted by Crippen LogP contribution is -2.62. The third-order valence-corrected chi connectivity index (χ3v) is 5.61. The molecule has 2 saturated heterocycles. The predicted octanol–water partition coefficient (Wildman–Crippen LogP) is -8.56. The van der Waals surface area contributed by atoms with E-state index in [1.165, 1.54) is 0 Å². The molecular formula is C18H34O17. The maximum atomic E-state index is 10.5. The molecule has 13 N–H and O–H groups in total. The Morgan fingerprint density at radius 2 is 1.20 bits per heavy atom. The number of aliphatic hydroxyl groups excluding tert-OH is 11. The first-order chi connectivity index (χ1) is 15.9. The molecule has 208 valence electrons. The molecule has 0 aromatic rings. The number of rotatable bonds is 11. The van der Waals surface area contributed by atoms with Crippen LogP contribution in [0.25, 0.3) is 0 Å². The molecule has 2 rings (SSSR count). The Kier molecular flexibility index (Phi) is 12.9. The molecule has 0 aliphatic carbocycles. The zero-order valence-corrected chi connectivity index (χ0v) is 18.2. The molecule has 0 radical (unpaired) electrons. The second-order valence-electron chi connectivity index (χ2n) is 8.05. The van der Waals surface area contributed by atoms with Gasteiger partial charge in [-0.2, -0.15) is 0 Å². The van der Waals surface area contributed by atoms with E-state index in [9.17, 15) is 61.0 Å². The van der Waals surface area contributed by atoms with E-state index in [4.69, 9.17) is 18.9 Å². The summed E-state index contributed by atoms with van der Waals surface area (Å²) in [4.78, 5) is 10.5. The van der Waals surface area contributed by atoms with E-state index >= 15 is 0 Å². The van der Waals surface area contributed by atoms with Crippen molar-refractivity contribution < 1.29 is 85.4 Å². The summed E-state index contributed by atoms with van der Waals surface area (Å²) in [6.07, 6.45) is -24.4. The first kappa shape index (κ1) is 32.1. The van der Waals surface area contributed by atoms with Crippen molar-refractivity contribution in [2.45, 2.75) is 85.8 Å². The van der Waals surface area contributed by atoms with Crippen molar-refractivity contribution in [2.75, 3.05) is 19.8 Å². The van der Waals surface area contributed by atoms with Gasteiger partial charge in [-0.15, -0.1) is 0 Å². The zero-order valence-electron chi connectivity index (χ0n) is 18.2. The number of hydrogen-bond acceptors (Lipinski definition) is 16. The molecule has 0 amide bonds. The smallest absolute Gasteiger partial charge is 0.186 e. The fourth-order valence-electron chi connectivity index (χ4n) is 3.39. The van der Waals surface area contributed by atoms with Crippen LogP contribution in [-0.2, 0) is 23.7 Å². The SMILES string of the molecule is O.O=C[C@H](O)[C@@H](O)[C@H](O)[C@H](O)CO[C@H]1O[C@H](CO[C@H]2O[C@H](CO)[C@@H](O)[C@H](O)[C@H]2O)[C@@H](O)[C@H](O)[C@H]1O. The first-order valence-corrected chi connectivity index (χ1v) is 10.4. The molecule has 0 unspecified atom stereocenters. The van der Waals surface area contributed by atoms with Gasteiger partial charge in [0.2, 0.25) is 0 Å². The summed E-state index contributed by atoms with van der Waals surface area (Å²) in [5.74, 6) is 0. The zero-order chi connectivity index (χ0) is 25.7. The Labute approximate surface area is 198 Å². The van der Waals surface area contributed by atoms with Crippen LogP contribution in [0.4, 0.5) is 0 Å². The lowest BCUT2D eigenvalue weighted by molar-refractivity contribution is -0.333. The van der Waals surface area contributed by atoms with Gasteiger partial charge in [0.05, 0.1) is 19.8 Å². The van der Waals surface area contributed by atoms with Crippen molar-refractivity contribution in [1.82, 2.24) is 0 Å². The van der Waals surface area contributed by atoms with Crippen LogP contribution in [0.5, 0.6) is 0 Å². The molecule has 17 nitrogen and oxygen atoms in total. The fraction of sp³-hybridized carbons (Fsp3) is 0.944. The predicted molar refractivity (Wildman–Crippen MR) is 106 cm³/mol. The quantitative estimate of drug-likeness (QED) is 0.112. The van der Waals surface area contributed by atoms with E-state index in [0.29, 0.717) is 0 Å². The molecule has 2 fully saturated rings. The molecule has 0 spiro atoms. The number of hydrogen-bond donors (Lipinski definition) is 11. The van der Waals surface area contributed by atoms with Crippen molar-refractivity contribution >= 4 is 6.29 Å². The van der Waals surface area contributed by atoms with Gasteiger partial charge < -0.3 is 85.4 Å². The second-order valence-corrected chi connectivity index (χ2v) is 8.05. The van der Waals surface area contributed by atoms with Crippen molar-refractivity contribution in [3.05, 3.63) is 0 Å². The van der Waals surface area contributed by atoms with Crippen molar-refractivity contribution in [3.8, 4) is 0 Å². The minimum Gasteiger partial charge on any atom is -0.412 e. The van der Waals surface area contributed by atoms with Crippen LogP contribution in [-0.4, -0.2) is 174 Å². The largest absolute Gasteiger partial charge is 0.412 e. The number of carbonyl (C=O) groups is 1. The highest BCUT2D eigenvalue weighted by Gasteiger charge is 2.47. The maximum absolute atomic E-state index is 10.5. The summed E-state index contributed by atoms with van der Waals surface area (Å²) in [6.45, 7) is -2.13. The Balaban J connectivity index is 0.00000612. The number of aldehydes is 1. The second kappa shape index (κ2) is 14.1. The normalized spacial score (nSPS) is 41.3. The fourth-order valence-corrected chi connectivity index (χ4v) is 3.39. The van der Waals surface area contributed by atoms with Crippen LogP contribution < -0.4 is 0 Å². The Bertz CT molecular complexity index is 624. The summed E-state index contributed by atoms with van der Waals surface area (Å²) in [5.41, 5.74) is 0. The third-order valence-electron chi connectivity index (χ3n) is 5.61. The molecule has 17 heteroatoms. The van der Waals surface area contributed by atoms with Crippen molar-refractivity contribution in [2.24, 2.45) is 0 Å². The number of aliphatic hydroxyl groups is 11. The Hall–Kier alpha value is -0.970. The molecular weight excluding hydrogens is 488 g/mol. The molecule has 0 bridgehead atoms. The number of ether oxygens (including phenoxy) is 4. The van der Waals surface area contributed by atoms with Crippen LogP contribution in [0.3, 0.4) is 0 Å².